The smallest absolute Gasteiger partial charge is 0.251 e. The van der Waals surface area contributed by atoms with Crippen molar-refractivity contribution < 1.29 is 21.6 Å². The van der Waals surface area contributed by atoms with Gasteiger partial charge in [0.25, 0.3) is 0 Å². The molecular formula is C12H8F3IN2O2S. The van der Waals surface area contributed by atoms with Crippen LogP contribution in [0.15, 0.2) is 41.4 Å². The molecule has 0 aliphatic rings. The average molecular weight is 428 g/mol. The lowest BCUT2D eigenvalue weighted by Gasteiger charge is -2.14. The lowest BCUT2D eigenvalue weighted by Crippen LogP contribution is -2.16. The lowest BCUT2D eigenvalue weighted by molar-refractivity contribution is -0.140. The number of nitrogens with zero attached hydrogens (tertiary/aromatic N) is 1. The van der Waals surface area contributed by atoms with E-state index in [2.05, 4.69) is 4.98 Å². The van der Waals surface area contributed by atoms with Gasteiger partial charge in [-0.15, -0.1) is 0 Å². The first kappa shape index (κ1) is 16.2. The van der Waals surface area contributed by atoms with Gasteiger partial charge < -0.3 is 0 Å². The molecule has 0 saturated heterocycles. The summed E-state index contributed by atoms with van der Waals surface area (Å²) in [6.45, 7) is 0. The number of aromatic nitrogens is 1. The van der Waals surface area contributed by atoms with E-state index in [1.165, 1.54) is 24.3 Å². The second-order valence-electron chi connectivity index (χ2n) is 4.06. The van der Waals surface area contributed by atoms with Crippen LogP contribution in [0.5, 0.6) is 0 Å². The Morgan fingerprint density at radius 3 is 2.29 bits per heavy atom. The van der Waals surface area contributed by atoms with Gasteiger partial charge in [-0.3, -0.25) is 4.98 Å². The van der Waals surface area contributed by atoms with E-state index in [9.17, 15) is 21.6 Å². The van der Waals surface area contributed by atoms with Crippen molar-refractivity contribution in [2.45, 2.75) is 11.1 Å². The summed E-state index contributed by atoms with van der Waals surface area (Å²) in [6.07, 6.45) is -3.70. The van der Waals surface area contributed by atoms with E-state index in [-0.39, 0.29) is 19.6 Å². The van der Waals surface area contributed by atoms with E-state index in [1.807, 2.05) is 0 Å². The first-order valence-corrected chi connectivity index (χ1v) is 8.09. The third-order valence-electron chi connectivity index (χ3n) is 2.62. The zero-order valence-corrected chi connectivity index (χ0v) is 13.2. The van der Waals surface area contributed by atoms with Gasteiger partial charge in [0.15, 0.2) is 5.69 Å². The normalized spacial score (nSPS) is 12.4. The molecule has 1 aromatic heterocycles. The molecule has 0 unspecified atom stereocenters. The maximum Gasteiger partial charge on any atom is 0.433 e. The van der Waals surface area contributed by atoms with Crippen molar-refractivity contribution in [1.29, 1.82) is 0 Å². The van der Waals surface area contributed by atoms with E-state index in [0.717, 1.165) is 12.3 Å². The lowest BCUT2D eigenvalue weighted by atomic mass is 10.0. The summed E-state index contributed by atoms with van der Waals surface area (Å²) in [7, 11) is -4.18. The Bertz CT molecular complexity index is 791. The Labute approximate surface area is 132 Å². The highest BCUT2D eigenvalue weighted by Crippen LogP contribution is 2.38. The molecule has 2 aromatic rings. The van der Waals surface area contributed by atoms with Crippen molar-refractivity contribution in [3.63, 3.8) is 0 Å². The molecule has 0 amide bonds. The summed E-state index contributed by atoms with van der Waals surface area (Å²) in [5, 5.41) is 5.12. The van der Waals surface area contributed by atoms with Crippen LogP contribution in [0.1, 0.15) is 5.69 Å². The summed E-state index contributed by atoms with van der Waals surface area (Å²) in [4.78, 5) is 2.97. The van der Waals surface area contributed by atoms with Crippen LogP contribution in [0, 0.1) is 3.57 Å². The average Bonchev–Trinajstić information content (AvgIpc) is 2.36. The molecule has 0 bridgehead atoms. The number of rotatable bonds is 2. The predicted octanol–water partition coefficient (Wildman–Crippen LogP) is 3.02. The molecule has 0 aliphatic heterocycles. The minimum Gasteiger partial charge on any atom is -0.251 e. The number of alkyl halides is 3. The van der Waals surface area contributed by atoms with Gasteiger partial charge in [-0.1, -0.05) is 18.2 Å². The molecule has 1 heterocycles. The molecule has 0 radical (unpaired) electrons. The van der Waals surface area contributed by atoms with Gasteiger partial charge in [0, 0.05) is 20.9 Å². The molecule has 112 valence electrons. The molecule has 0 atom stereocenters. The maximum atomic E-state index is 13.0. The topological polar surface area (TPSA) is 73.1 Å². The monoisotopic (exact) mass is 428 g/mol. The number of nitrogens with two attached hydrogens (primary N) is 1. The number of primary sulfonamides is 1. The Balaban J connectivity index is 2.85. The van der Waals surface area contributed by atoms with Crippen LogP contribution in [0.25, 0.3) is 11.1 Å². The van der Waals surface area contributed by atoms with Crippen LogP contribution in [-0.2, 0) is 16.2 Å². The fourth-order valence-electron chi connectivity index (χ4n) is 1.86. The quantitative estimate of drug-likeness (QED) is 0.748. The minimum atomic E-state index is -4.70. The Morgan fingerprint density at radius 2 is 1.71 bits per heavy atom. The van der Waals surface area contributed by atoms with Gasteiger partial charge in [-0.2, -0.15) is 13.2 Å². The number of hydrogen-bond acceptors (Lipinski definition) is 3. The zero-order valence-electron chi connectivity index (χ0n) is 10.2. The van der Waals surface area contributed by atoms with Crippen LogP contribution in [0.3, 0.4) is 0 Å². The summed E-state index contributed by atoms with van der Waals surface area (Å²) >= 11 is 1.71. The fraction of sp³-hybridized carbons (Fsp3) is 0.0833. The summed E-state index contributed by atoms with van der Waals surface area (Å²) in [5.41, 5.74) is -1.60. The van der Waals surface area contributed by atoms with Gasteiger partial charge in [-0.25, -0.2) is 13.6 Å². The molecule has 0 aliphatic carbocycles. The van der Waals surface area contributed by atoms with Crippen LogP contribution >= 0.6 is 22.6 Å². The van der Waals surface area contributed by atoms with Crippen molar-refractivity contribution in [1.82, 2.24) is 4.98 Å². The summed E-state index contributed by atoms with van der Waals surface area (Å²) in [5.74, 6) is 0. The Morgan fingerprint density at radius 1 is 1.10 bits per heavy atom. The van der Waals surface area contributed by atoms with E-state index >= 15 is 0 Å². The van der Waals surface area contributed by atoms with Crippen LogP contribution < -0.4 is 5.14 Å². The summed E-state index contributed by atoms with van der Waals surface area (Å²) in [6, 6.07) is 6.65. The molecule has 0 spiro atoms. The molecule has 0 fully saturated rings. The van der Waals surface area contributed by atoms with E-state index in [0.29, 0.717) is 0 Å². The third kappa shape index (κ3) is 3.35. The molecule has 4 nitrogen and oxygen atoms in total. The van der Waals surface area contributed by atoms with Crippen LogP contribution in [0.4, 0.5) is 13.2 Å². The van der Waals surface area contributed by atoms with Gasteiger partial charge in [0.1, 0.15) is 4.90 Å². The second kappa shape index (κ2) is 5.54. The maximum absolute atomic E-state index is 13.0. The van der Waals surface area contributed by atoms with Crippen molar-refractivity contribution in [2.24, 2.45) is 5.14 Å². The van der Waals surface area contributed by atoms with Gasteiger partial charge in [0.2, 0.25) is 10.0 Å². The number of benzene rings is 1. The van der Waals surface area contributed by atoms with Crippen LogP contribution in [-0.4, -0.2) is 13.4 Å². The van der Waals surface area contributed by atoms with Crippen molar-refractivity contribution >= 4 is 32.6 Å². The van der Waals surface area contributed by atoms with E-state index in [1.54, 1.807) is 22.6 Å². The fourth-order valence-corrected chi connectivity index (χ4v) is 4.10. The van der Waals surface area contributed by atoms with E-state index in [4.69, 9.17) is 5.14 Å². The first-order chi connectivity index (χ1) is 9.62. The van der Waals surface area contributed by atoms with E-state index < -0.39 is 21.9 Å². The SMILES string of the molecule is NS(=O)(=O)c1c(I)cccc1-c1cccnc1C(F)(F)F. The van der Waals surface area contributed by atoms with Gasteiger partial charge in [0.05, 0.1) is 0 Å². The molecule has 2 N–H and O–H groups in total. The molecule has 21 heavy (non-hydrogen) atoms. The largest absolute Gasteiger partial charge is 0.433 e. The molecular weight excluding hydrogens is 420 g/mol. The highest BCUT2D eigenvalue weighted by molar-refractivity contribution is 14.1. The highest BCUT2D eigenvalue weighted by Gasteiger charge is 2.36. The molecule has 1 aromatic carbocycles. The van der Waals surface area contributed by atoms with Crippen molar-refractivity contribution in [3.05, 3.63) is 45.8 Å². The predicted molar refractivity (Wildman–Crippen MR) is 78.8 cm³/mol. The molecule has 9 heteroatoms. The molecule has 2 rings (SSSR count). The third-order valence-corrected chi connectivity index (χ3v) is 4.89. The molecule has 0 saturated carbocycles. The Hall–Kier alpha value is -1.20. The first-order valence-electron chi connectivity index (χ1n) is 5.46. The second-order valence-corrected chi connectivity index (χ2v) is 6.72. The van der Waals surface area contributed by atoms with Crippen molar-refractivity contribution in [3.8, 4) is 11.1 Å². The van der Waals surface area contributed by atoms with Gasteiger partial charge >= 0.3 is 6.18 Å². The van der Waals surface area contributed by atoms with Crippen molar-refractivity contribution in [2.75, 3.05) is 0 Å². The summed E-state index contributed by atoms with van der Waals surface area (Å²) < 4.78 is 62.7. The number of sulfonamides is 1. The zero-order chi connectivity index (χ0) is 15.8. The number of hydrogen-bond donors (Lipinski definition) is 1. The van der Waals surface area contributed by atoms with Gasteiger partial charge in [-0.05, 0) is 34.7 Å². The number of pyridine rings is 1. The highest BCUT2D eigenvalue weighted by atomic mass is 127. The number of halogens is 4. The Kier molecular flexibility index (Phi) is 4.26. The standard InChI is InChI=1S/C12H8F3IN2O2S/c13-12(14,15)11-8(4-2-6-18-11)7-3-1-5-9(16)10(7)21(17,19)20/h1-6H,(H2,17,19,20). The van der Waals surface area contributed by atoms with Crippen LogP contribution in [0.2, 0.25) is 0 Å². The minimum absolute atomic E-state index is 0.121.